The van der Waals surface area contributed by atoms with Gasteiger partial charge < -0.3 is 16.0 Å². The highest BCUT2D eigenvalue weighted by Gasteiger charge is 2.19. The van der Waals surface area contributed by atoms with Crippen LogP contribution >= 0.6 is 12.2 Å². The Labute approximate surface area is 112 Å². The Balaban J connectivity index is 2.18. The number of halogens is 1. The molecule has 3 N–H and O–H groups in total. The van der Waals surface area contributed by atoms with Crippen molar-refractivity contribution in [2.24, 2.45) is 5.73 Å². The lowest BCUT2D eigenvalue weighted by atomic mass is 10.0. The van der Waals surface area contributed by atoms with Crippen LogP contribution in [0.2, 0.25) is 0 Å². The summed E-state index contributed by atoms with van der Waals surface area (Å²) >= 11 is 4.92. The van der Waals surface area contributed by atoms with Crippen molar-refractivity contribution < 1.29 is 4.39 Å². The van der Waals surface area contributed by atoms with Gasteiger partial charge in [-0.15, -0.1) is 0 Å². The van der Waals surface area contributed by atoms with Crippen molar-refractivity contribution in [3.05, 3.63) is 29.6 Å². The number of likely N-dealkylation sites (N-methyl/N-ethyl adjacent to an activating group) is 1. The van der Waals surface area contributed by atoms with Gasteiger partial charge in [-0.1, -0.05) is 18.3 Å². The second-order valence-corrected chi connectivity index (χ2v) is 5.21. The van der Waals surface area contributed by atoms with Crippen molar-refractivity contribution in [3.8, 4) is 0 Å². The van der Waals surface area contributed by atoms with Crippen molar-refractivity contribution in [1.29, 1.82) is 0 Å². The number of thiocarbonyl (C=S) groups is 1. The monoisotopic (exact) mass is 267 g/mol. The Bertz CT molecular complexity index is 450. The van der Waals surface area contributed by atoms with Crippen LogP contribution in [-0.4, -0.2) is 36.1 Å². The van der Waals surface area contributed by atoms with E-state index < -0.39 is 0 Å². The van der Waals surface area contributed by atoms with E-state index in [2.05, 4.69) is 17.3 Å². The fourth-order valence-corrected chi connectivity index (χ4v) is 2.61. The zero-order valence-corrected chi connectivity index (χ0v) is 11.3. The second kappa shape index (κ2) is 5.63. The first-order valence-corrected chi connectivity index (χ1v) is 6.52. The summed E-state index contributed by atoms with van der Waals surface area (Å²) in [6.07, 6.45) is 2.23. The predicted octanol–water partition coefficient (Wildman–Crippen LogP) is 1.97. The molecule has 1 aromatic rings. The molecule has 0 amide bonds. The summed E-state index contributed by atoms with van der Waals surface area (Å²) in [5.74, 6) is -0.364. The van der Waals surface area contributed by atoms with Crippen molar-refractivity contribution in [1.82, 2.24) is 4.90 Å². The first-order valence-electron chi connectivity index (χ1n) is 6.11. The van der Waals surface area contributed by atoms with E-state index >= 15 is 0 Å². The first kappa shape index (κ1) is 13.2. The van der Waals surface area contributed by atoms with E-state index in [0.29, 0.717) is 17.3 Å². The van der Waals surface area contributed by atoms with E-state index in [1.807, 2.05) is 6.07 Å². The number of hydrogen-bond donors (Lipinski definition) is 2. The van der Waals surface area contributed by atoms with Gasteiger partial charge in [0, 0.05) is 18.3 Å². The van der Waals surface area contributed by atoms with Crippen LogP contribution in [0.5, 0.6) is 0 Å². The molecule has 1 aliphatic heterocycles. The summed E-state index contributed by atoms with van der Waals surface area (Å²) < 4.78 is 13.7. The molecule has 1 aromatic carbocycles. The number of rotatable bonds is 3. The Morgan fingerprint density at radius 3 is 3.00 bits per heavy atom. The lowest BCUT2D eigenvalue weighted by Crippen LogP contribution is -2.40. The van der Waals surface area contributed by atoms with Crippen LogP contribution in [0.4, 0.5) is 10.1 Å². The Hall–Kier alpha value is -1.20. The number of nitrogens with two attached hydrogens (primary N) is 1. The molecule has 1 aliphatic rings. The van der Waals surface area contributed by atoms with E-state index in [1.54, 1.807) is 6.07 Å². The van der Waals surface area contributed by atoms with E-state index in [1.165, 1.54) is 6.07 Å². The zero-order chi connectivity index (χ0) is 13.1. The maximum absolute atomic E-state index is 13.7. The molecule has 2 rings (SSSR count). The molecular formula is C13H18FN3S. The molecule has 18 heavy (non-hydrogen) atoms. The SMILES string of the molecule is CN1CCCC(Nc2cccc(F)c2C(N)=S)C1. The fourth-order valence-electron chi connectivity index (χ4n) is 2.40. The van der Waals surface area contributed by atoms with Gasteiger partial charge in [-0.05, 0) is 38.6 Å². The lowest BCUT2D eigenvalue weighted by molar-refractivity contribution is 0.261. The van der Waals surface area contributed by atoms with Crippen molar-refractivity contribution in [2.45, 2.75) is 18.9 Å². The van der Waals surface area contributed by atoms with Gasteiger partial charge in [-0.25, -0.2) is 4.39 Å². The molecule has 0 aliphatic carbocycles. The van der Waals surface area contributed by atoms with Crippen LogP contribution in [0, 0.1) is 5.82 Å². The largest absolute Gasteiger partial charge is 0.389 e. The van der Waals surface area contributed by atoms with E-state index in [0.717, 1.165) is 25.9 Å². The lowest BCUT2D eigenvalue weighted by Gasteiger charge is -2.31. The molecule has 0 spiro atoms. The van der Waals surface area contributed by atoms with Crippen LogP contribution < -0.4 is 11.1 Å². The average Bonchev–Trinajstić information content (AvgIpc) is 2.28. The van der Waals surface area contributed by atoms with Gasteiger partial charge in [0.1, 0.15) is 10.8 Å². The molecule has 1 saturated heterocycles. The maximum Gasteiger partial charge on any atom is 0.135 e. The number of nitrogens with one attached hydrogen (secondary N) is 1. The molecular weight excluding hydrogens is 249 g/mol. The quantitative estimate of drug-likeness (QED) is 0.822. The minimum Gasteiger partial charge on any atom is -0.389 e. The maximum atomic E-state index is 13.7. The Kier molecular flexibility index (Phi) is 4.14. The average molecular weight is 267 g/mol. The minimum atomic E-state index is -0.364. The third kappa shape index (κ3) is 2.97. The summed E-state index contributed by atoms with van der Waals surface area (Å²) in [6, 6.07) is 5.20. The molecule has 0 saturated carbocycles. The Morgan fingerprint density at radius 1 is 1.56 bits per heavy atom. The van der Waals surface area contributed by atoms with Gasteiger partial charge >= 0.3 is 0 Å². The van der Waals surface area contributed by atoms with E-state index in [-0.39, 0.29) is 10.8 Å². The molecule has 0 radical (unpaired) electrons. The number of piperidine rings is 1. The van der Waals surface area contributed by atoms with Crippen molar-refractivity contribution in [2.75, 3.05) is 25.5 Å². The number of benzene rings is 1. The molecule has 5 heteroatoms. The molecule has 3 nitrogen and oxygen atoms in total. The van der Waals surface area contributed by atoms with Gasteiger partial charge in [-0.2, -0.15) is 0 Å². The molecule has 98 valence electrons. The zero-order valence-electron chi connectivity index (χ0n) is 10.4. The smallest absolute Gasteiger partial charge is 0.135 e. The highest BCUT2D eigenvalue weighted by Crippen LogP contribution is 2.22. The Morgan fingerprint density at radius 2 is 2.33 bits per heavy atom. The minimum absolute atomic E-state index is 0.0970. The van der Waals surface area contributed by atoms with Crippen LogP contribution in [0.15, 0.2) is 18.2 Å². The second-order valence-electron chi connectivity index (χ2n) is 4.77. The molecule has 0 bridgehead atoms. The molecule has 1 fully saturated rings. The van der Waals surface area contributed by atoms with Crippen molar-refractivity contribution in [3.63, 3.8) is 0 Å². The standard InChI is InChI=1S/C13H18FN3S/c1-17-7-3-4-9(8-17)16-11-6-2-5-10(14)12(11)13(15)18/h2,5-6,9,16H,3-4,7-8H2,1H3,(H2,15,18). The van der Waals surface area contributed by atoms with Gasteiger partial charge in [0.15, 0.2) is 0 Å². The van der Waals surface area contributed by atoms with Crippen LogP contribution in [0.1, 0.15) is 18.4 Å². The summed E-state index contributed by atoms with van der Waals surface area (Å²) in [6.45, 7) is 2.07. The molecule has 1 unspecified atom stereocenters. The molecule has 1 heterocycles. The van der Waals surface area contributed by atoms with Gasteiger partial charge in [0.2, 0.25) is 0 Å². The summed E-state index contributed by atoms with van der Waals surface area (Å²) in [7, 11) is 2.09. The highest BCUT2D eigenvalue weighted by molar-refractivity contribution is 7.80. The number of hydrogen-bond acceptors (Lipinski definition) is 3. The highest BCUT2D eigenvalue weighted by atomic mass is 32.1. The number of nitrogens with zero attached hydrogens (tertiary/aromatic N) is 1. The molecule has 0 aromatic heterocycles. The summed E-state index contributed by atoms with van der Waals surface area (Å²) in [5.41, 5.74) is 6.61. The number of anilines is 1. The third-order valence-corrected chi connectivity index (χ3v) is 3.45. The summed E-state index contributed by atoms with van der Waals surface area (Å²) in [4.78, 5) is 2.36. The van der Waals surface area contributed by atoms with Gasteiger partial charge in [-0.3, -0.25) is 0 Å². The predicted molar refractivity (Wildman–Crippen MR) is 76.4 cm³/mol. The van der Waals surface area contributed by atoms with Crippen LogP contribution in [-0.2, 0) is 0 Å². The topological polar surface area (TPSA) is 41.3 Å². The number of likely N-dealkylation sites (tertiary alicyclic amines) is 1. The first-order chi connectivity index (χ1) is 8.58. The van der Waals surface area contributed by atoms with Gasteiger partial charge in [0.05, 0.1) is 5.56 Å². The van der Waals surface area contributed by atoms with Gasteiger partial charge in [0.25, 0.3) is 0 Å². The van der Waals surface area contributed by atoms with Crippen LogP contribution in [0.3, 0.4) is 0 Å². The third-order valence-electron chi connectivity index (χ3n) is 3.24. The normalized spacial score (nSPS) is 20.7. The van der Waals surface area contributed by atoms with E-state index in [4.69, 9.17) is 18.0 Å². The molecule has 1 atom stereocenters. The fraction of sp³-hybridized carbons (Fsp3) is 0.462. The summed E-state index contributed by atoms with van der Waals surface area (Å²) in [5, 5.41) is 3.35. The van der Waals surface area contributed by atoms with Crippen molar-refractivity contribution >= 4 is 22.9 Å². The van der Waals surface area contributed by atoms with Crippen LogP contribution in [0.25, 0.3) is 0 Å². The van der Waals surface area contributed by atoms with E-state index in [9.17, 15) is 4.39 Å².